The summed E-state index contributed by atoms with van der Waals surface area (Å²) in [5.41, 5.74) is 3.17. The Hall–Kier alpha value is -4.10. The van der Waals surface area contributed by atoms with Gasteiger partial charge >= 0.3 is 0 Å². The third kappa shape index (κ3) is 6.12. The zero-order chi connectivity index (χ0) is 25.3. The van der Waals surface area contributed by atoms with Gasteiger partial charge < -0.3 is 24.7 Å². The highest BCUT2D eigenvalue weighted by Gasteiger charge is 2.15. The van der Waals surface area contributed by atoms with Crippen LogP contribution in [0.5, 0.6) is 17.2 Å². The average molecular weight is 485 g/mol. The number of rotatable bonds is 11. The number of aromatic nitrogens is 2. The second kappa shape index (κ2) is 12.0. The summed E-state index contributed by atoms with van der Waals surface area (Å²) in [7, 11) is 1.57. The van der Waals surface area contributed by atoms with Crippen LogP contribution in [-0.2, 0) is 0 Å². The van der Waals surface area contributed by atoms with Crippen molar-refractivity contribution in [3.05, 3.63) is 84.6 Å². The average Bonchev–Trinajstić information content (AvgIpc) is 3.42. The van der Waals surface area contributed by atoms with Crippen molar-refractivity contribution in [2.75, 3.05) is 33.3 Å². The second-order valence-corrected chi connectivity index (χ2v) is 8.28. The first-order chi connectivity index (χ1) is 17.6. The Morgan fingerprint density at radius 3 is 2.33 bits per heavy atom. The molecule has 1 heterocycles. The van der Waals surface area contributed by atoms with Crippen molar-refractivity contribution in [3.8, 4) is 39.9 Å². The van der Waals surface area contributed by atoms with Crippen LogP contribution in [0.3, 0.4) is 0 Å². The van der Waals surface area contributed by atoms with Crippen molar-refractivity contribution in [2.45, 2.75) is 13.8 Å². The molecule has 0 fully saturated rings. The Kier molecular flexibility index (Phi) is 8.36. The smallest absolute Gasteiger partial charge is 0.255 e. The van der Waals surface area contributed by atoms with Crippen LogP contribution in [0.15, 0.2) is 79.0 Å². The lowest BCUT2D eigenvalue weighted by atomic mass is 10.1. The summed E-state index contributed by atoms with van der Waals surface area (Å²) in [4.78, 5) is 22.9. The first-order valence-electron chi connectivity index (χ1n) is 12.2. The largest absolute Gasteiger partial charge is 0.496 e. The molecule has 0 saturated carbocycles. The number of hydrogen-bond donors (Lipinski definition) is 2. The molecular weight excluding hydrogens is 452 g/mol. The number of nitrogens with zero attached hydrogens (tertiary/aromatic N) is 2. The van der Waals surface area contributed by atoms with E-state index in [1.165, 1.54) is 0 Å². The van der Waals surface area contributed by atoms with E-state index >= 15 is 0 Å². The summed E-state index contributed by atoms with van der Waals surface area (Å²) >= 11 is 0. The highest BCUT2D eigenvalue weighted by molar-refractivity contribution is 5.97. The predicted octanol–water partition coefficient (Wildman–Crippen LogP) is 5.62. The third-order valence-corrected chi connectivity index (χ3v) is 6.05. The van der Waals surface area contributed by atoms with Crippen molar-refractivity contribution in [3.63, 3.8) is 0 Å². The first kappa shape index (κ1) is 25.0. The lowest BCUT2D eigenvalue weighted by molar-refractivity contribution is 0.0946. The van der Waals surface area contributed by atoms with E-state index in [4.69, 9.17) is 9.47 Å². The molecule has 0 spiro atoms. The Bertz CT molecular complexity index is 1270. The van der Waals surface area contributed by atoms with Gasteiger partial charge in [0.1, 0.15) is 23.1 Å². The number of ether oxygens (including phenoxy) is 2. The van der Waals surface area contributed by atoms with Gasteiger partial charge in [0.2, 0.25) is 0 Å². The van der Waals surface area contributed by atoms with Crippen LogP contribution in [0.1, 0.15) is 24.2 Å². The van der Waals surface area contributed by atoms with E-state index < -0.39 is 0 Å². The highest BCUT2D eigenvalue weighted by Crippen LogP contribution is 2.29. The van der Waals surface area contributed by atoms with Gasteiger partial charge in [0.05, 0.1) is 24.6 Å². The minimum atomic E-state index is -0.145. The lowest BCUT2D eigenvalue weighted by Crippen LogP contribution is -2.34. The molecule has 3 aromatic carbocycles. The Morgan fingerprint density at radius 1 is 0.944 bits per heavy atom. The number of likely N-dealkylation sites (N-methyl/N-ethyl adjacent to an activating group) is 1. The molecule has 0 aliphatic heterocycles. The van der Waals surface area contributed by atoms with Gasteiger partial charge in [-0.2, -0.15) is 0 Å². The van der Waals surface area contributed by atoms with Crippen LogP contribution < -0.4 is 14.8 Å². The van der Waals surface area contributed by atoms with E-state index in [9.17, 15) is 4.79 Å². The van der Waals surface area contributed by atoms with Crippen LogP contribution in [0, 0.1) is 0 Å². The van der Waals surface area contributed by atoms with Gasteiger partial charge in [-0.3, -0.25) is 4.79 Å². The minimum Gasteiger partial charge on any atom is -0.496 e. The van der Waals surface area contributed by atoms with Crippen molar-refractivity contribution in [1.82, 2.24) is 20.2 Å². The summed E-state index contributed by atoms with van der Waals surface area (Å²) < 4.78 is 11.4. The van der Waals surface area contributed by atoms with Gasteiger partial charge in [0.25, 0.3) is 5.91 Å². The minimum absolute atomic E-state index is 0.145. The van der Waals surface area contributed by atoms with E-state index in [1.807, 2.05) is 66.7 Å². The van der Waals surface area contributed by atoms with Crippen LogP contribution in [0.4, 0.5) is 0 Å². The van der Waals surface area contributed by atoms with Gasteiger partial charge in [0.15, 0.2) is 0 Å². The number of para-hydroxylation sites is 1. The number of amides is 1. The normalized spacial score (nSPS) is 10.9. The second-order valence-electron chi connectivity index (χ2n) is 8.28. The number of H-pyrrole nitrogens is 1. The maximum atomic E-state index is 12.7. The molecule has 0 aliphatic rings. The van der Waals surface area contributed by atoms with Crippen molar-refractivity contribution in [2.24, 2.45) is 0 Å². The molecule has 0 unspecified atom stereocenters. The number of benzene rings is 3. The molecule has 0 atom stereocenters. The summed E-state index contributed by atoms with van der Waals surface area (Å²) in [6.07, 6.45) is 1.78. The molecule has 0 aliphatic carbocycles. The molecule has 36 heavy (non-hydrogen) atoms. The maximum Gasteiger partial charge on any atom is 0.255 e. The van der Waals surface area contributed by atoms with Crippen LogP contribution >= 0.6 is 0 Å². The Balaban J connectivity index is 1.44. The number of hydrogen-bond acceptors (Lipinski definition) is 5. The lowest BCUT2D eigenvalue weighted by Gasteiger charge is -2.18. The molecule has 0 radical (unpaired) electrons. The predicted molar refractivity (Wildman–Crippen MR) is 143 cm³/mol. The monoisotopic (exact) mass is 484 g/mol. The van der Waals surface area contributed by atoms with E-state index in [0.717, 1.165) is 53.8 Å². The first-order valence-corrected chi connectivity index (χ1v) is 12.2. The molecule has 0 bridgehead atoms. The SMILES string of the molecule is CCN(CC)CCNC(=O)c1ccc(-c2cnc(-c3ccc(Oc4ccccc4)cc3)[nH]2)cc1OC. The zero-order valence-corrected chi connectivity index (χ0v) is 21.0. The van der Waals surface area contributed by atoms with Crippen LogP contribution in [-0.4, -0.2) is 54.1 Å². The molecule has 7 heteroatoms. The van der Waals surface area contributed by atoms with Gasteiger partial charge in [-0.05, 0) is 61.6 Å². The molecule has 4 aromatic rings. The molecule has 2 N–H and O–H groups in total. The summed E-state index contributed by atoms with van der Waals surface area (Å²) in [5.74, 6) is 2.67. The molecule has 186 valence electrons. The maximum absolute atomic E-state index is 12.7. The molecule has 0 saturated heterocycles. The number of imidazole rings is 1. The van der Waals surface area contributed by atoms with E-state index in [2.05, 4.69) is 34.0 Å². The standard InChI is InChI=1S/C29H32N4O3/c1-4-33(5-2)18-17-30-29(34)25-16-13-22(19-27(25)35-3)26-20-31-28(32-26)21-11-14-24(15-12-21)36-23-9-7-6-8-10-23/h6-16,19-20H,4-5,17-18H2,1-3H3,(H,30,34)(H,31,32). The van der Waals surface area contributed by atoms with E-state index in [0.29, 0.717) is 17.9 Å². The van der Waals surface area contributed by atoms with Gasteiger partial charge in [-0.1, -0.05) is 38.1 Å². The fraction of sp³-hybridized carbons (Fsp3) is 0.241. The van der Waals surface area contributed by atoms with Crippen LogP contribution in [0.2, 0.25) is 0 Å². The highest BCUT2D eigenvalue weighted by atomic mass is 16.5. The number of carbonyl (C=O) groups excluding carboxylic acids is 1. The fourth-order valence-electron chi connectivity index (χ4n) is 3.93. The topological polar surface area (TPSA) is 79.5 Å². The van der Waals surface area contributed by atoms with E-state index in [-0.39, 0.29) is 5.91 Å². The molecule has 4 rings (SSSR count). The van der Waals surface area contributed by atoms with E-state index in [1.54, 1.807) is 19.4 Å². The summed E-state index contributed by atoms with van der Waals surface area (Å²) in [6, 6.07) is 23.0. The molecular formula is C29H32N4O3. The number of nitrogens with one attached hydrogen (secondary N) is 2. The summed E-state index contributed by atoms with van der Waals surface area (Å²) in [6.45, 7) is 7.55. The third-order valence-electron chi connectivity index (χ3n) is 6.05. The fourth-order valence-corrected chi connectivity index (χ4v) is 3.93. The molecule has 1 amide bonds. The van der Waals surface area contributed by atoms with Gasteiger partial charge in [0, 0.05) is 24.2 Å². The molecule has 7 nitrogen and oxygen atoms in total. The van der Waals surface area contributed by atoms with Gasteiger partial charge in [-0.25, -0.2) is 4.98 Å². The van der Waals surface area contributed by atoms with Crippen LogP contribution in [0.25, 0.3) is 22.6 Å². The Labute approximate surface area is 212 Å². The number of aromatic amines is 1. The molecule has 1 aromatic heterocycles. The summed E-state index contributed by atoms with van der Waals surface area (Å²) in [5, 5.41) is 2.99. The van der Waals surface area contributed by atoms with Crippen molar-refractivity contribution in [1.29, 1.82) is 0 Å². The quantitative estimate of drug-likeness (QED) is 0.289. The zero-order valence-electron chi connectivity index (χ0n) is 21.0. The number of methoxy groups -OCH3 is 1. The van der Waals surface area contributed by atoms with Crippen molar-refractivity contribution >= 4 is 5.91 Å². The number of carbonyl (C=O) groups is 1. The van der Waals surface area contributed by atoms with Crippen molar-refractivity contribution < 1.29 is 14.3 Å². The van der Waals surface area contributed by atoms with Gasteiger partial charge in [-0.15, -0.1) is 0 Å². The Morgan fingerprint density at radius 2 is 1.64 bits per heavy atom.